The molecule has 2 N–H and O–H groups in total. The minimum absolute atomic E-state index is 0.158. The van der Waals surface area contributed by atoms with Crippen molar-refractivity contribution in [3.05, 3.63) is 35.9 Å². The zero-order valence-electron chi connectivity index (χ0n) is 17.9. The van der Waals surface area contributed by atoms with Crippen LogP contribution in [0.25, 0.3) is 5.70 Å². The second-order valence-electron chi connectivity index (χ2n) is 5.62. The fourth-order valence-electron chi connectivity index (χ4n) is 2.24. The quantitative estimate of drug-likeness (QED) is 0.511. The Bertz CT molecular complexity index is 789. The number of hydrazine groups is 2. The van der Waals surface area contributed by atoms with E-state index in [1.54, 1.807) is 26.2 Å². The summed E-state index contributed by atoms with van der Waals surface area (Å²) in [5.74, 6) is -0.384. The van der Waals surface area contributed by atoms with Gasteiger partial charge in [0.1, 0.15) is 0 Å². The van der Waals surface area contributed by atoms with Gasteiger partial charge in [-0.2, -0.15) is 10.0 Å². The molecular formula is C17H24N6O8. The molecule has 0 saturated heterocycles. The van der Waals surface area contributed by atoms with Gasteiger partial charge < -0.3 is 23.8 Å². The number of hydrogen-bond donors (Lipinski definition) is 2. The molecule has 0 aliphatic heterocycles. The van der Waals surface area contributed by atoms with Crippen LogP contribution in [0.15, 0.2) is 30.3 Å². The van der Waals surface area contributed by atoms with Crippen LogP contribution in [0.4, 0.5) is 19.2 Å². The van der Waals surface area contributed by atoms with Gasteiger partial charge in [0.15, 0.2) is 5.82 Å². The summed E-state index contributed by atoms with van der Waals surface area (Å²) in [6, 6.07) is 3.13. The number of aromatic nitrogens is 1. The first kappa shape index (κ1) is 24.8. The topological polar surface area (TPSA) is 152 Å². The van der Waals surface area contributed by atoms with Crippen molar-refractivity contribution in [1.82, 2.24) is 30.8 Å². The lowest BCUT2D eigenvalue weighted by Crippen LogP contribution is -2.56. The first-order chi connectivity index (χ1) is 14.7. The lowest BCUT2D eigenvalue weighted by atomic mass is 10.1. The van der Waals surface area contributed by atoms with Gasteiger partial charge in [-0.1, -0.05) is 0 Å². The van der Waals surface area contributed by atoms with Crippen molar-refractivity contribution in [2.24, 2.45) is 0 Å². The first-order valence-corrected chi connectivity index (χ1v) is 8.49. The van der Waals surface area contributed by atoms with Gasteiger partial charge in [-0.3, -0.25) is 4.98 Å². The van der Waals surface area contributed by atoms with Crippen LogP contribution in [0.3, 0.4) is 0 Å². The highest BCUT2D eigenvalue weighted by atomic mass is 16.6. The Morgan fingerprint density at radius 1 is 0.774 bits per heavy atom. The summed E-state index contributed by atoms with van der Waals surface area (Å²) in [5.41, 5.74) is 4.86. The van der Waals surface area contributed by atoms with Gasteiger partial charge in [-0.15, -0.1) is 0 Å². The molecule has 0 spiro atoms. The number of hydrogen-bond acceptors (Lipinski definition) is 10. The van der Waals surface area contributed by atoms with E-state index in [9.17, 15) is 19.2 Å². The SMILES string of the molecule is COC(=O)NN(C(=O)OC)C(=C(c1ccncc1)N(C)C)N(NC(=O)OC)C(=O)OC. The summed E-state index contributed by atoms with van der Waals surface area (Å²) < 4.78 is 18.6. The fraction of sp³-hybridized carbons (Fsp3) is 0.353. The average Bonchev–Trinajstić information content (AvgIpc) is 2.78. The van der Waals surface area contributed by atoms with Crippen molar-refractivity contribution in [2.75, 3.05) is 42.5 Å². The summed E-state index contributed by atoms with van der Waals surface area (Å²) in [6.07, 6.45) is -1.48. The molecule has 31 heavy (non-hydrogen) atoms. The van der Waals surface area contributed by atoms with E-state index in [0.29, 0.717) is 15.6 Å². The maximum atomic E-state index is 12.6. The van der Waals surface area contributed by atoms with Gasteiger partial charge in [0.2, 0.25) is 0 Å². The highest BCUT2D eigenvalue weighted by Gasteiger charge is 2.36. The standard InChI is InChI=1S/C17H24N6O8/c1-21(2)12(11-7-9-18-10-8-11)13(22(16(26)30-5)19-14(24)28-3)23(17(27)31-6)20-15(25)29-4/h7-10H,1-6H3,(H,19,24)(H,20,25). The van der Waals surface area contributed by atoms with Gasteiger partial charge in [-0.05, 0) is 12.1 Å². The molecule has 14 nitrogen and oxygen atoms in total. The summed E-state index contributed by atoms with van der Waals surface area (Å²) in [6.45, 7) is 0. The molecular weight excluding hydrogens is 416 g/mol. The van der Waals surface area contributed by atoms with E-state index in [4.69, 9.17) is 9.47 Å². The Morgan fingerprint density at radius 2 is 1.19 bits per heavy atom. The molecule has 0 bridgehead atoms. The van der Waals surface area contributed by atoms with E-state index < -0.39 is 24.4 Å². The monoisotopic (exact) mass is 440 g/mol. The normalized spacial score (nSPS) is 9.48. The smallest absolute Gasteiger partial charge is 0.434 e. The minimum atomic E-state index is -1.13. The van der Waals surface area contributed by atoms with Gasteiger partial charge in [0.25, 0.3) is 0 Å². The summed E-state index contributed by atoms with van der Waals surface area (Å²) in [7, 11) is 7.41. The van der Waals surface area contributed by atoms with E-state index in [0.717, 1.165) is 28.4 Å². The van der Waals surface area contributed by atoms with E-state index in [1.807, 2.05) is 0 Å². The molecule has 0 aliphatic carbocycles. The Labute approximate surface area is 178 Å². The molecule has 1 aromatic rings. The largest absolute Gasteiger partial charge is 0.452 e. The maximum Gasteiger partial charge on any atom is 0.434 e. The van der Waals surface area contributed by atoms with Crippen LogP contribution in [-0.2, 0) is 18.9 Å². The third-order valence-electron chi connectivity index (χ3n) is 3.53. The van der Waals surface area contributed by atoms with Crippen LogP contribution in [0.1, 0.15) is 5.56 Å². The minimum Gasteiger partial charge on any atom is -0.452 e. The molecule has 1 aromatic heterocycles. The van der Waals surface area contributed by atoms with Crippen LogP contribution in [0.2, 0.25) is 0 Å². The van der Waals surface area contributed by atoms with Crippen LogP contribution in [0.5, 0.6) is 0 Å². The molecule has 170 valence electrons. The number of rotatable bonds is 4. The highest BCUT2D eigenvalue weighted by Crippen LogP contribution is 2.25. The predicted molar refractivity (Wildman–Crippen MR) is 104 cm³/mol. The lowest BCUT2D eigenvalue weighted by Gasteiger charge is -2.34. The van der Waals surface area contributed by atoms with Crippen molar-refractivity contribution in [1.29, 1.82) is 0 Å². The molecule has 0 aliphatic rings. The van der Waals surface area contributed by atoms with Crippen molar-refractivity contribution < 1.29 is 38.1 Å². The van der Waals surface area contributed by atoms with Crippen LogP contribution in [-0.4, -0.2) is 86.8 Å². The summed E-state index contributed by atoms with van der Waals surface area (Å²) in [5, 5.41) is 1.10. The van der Waals surface area contributed by atoms with E-state index in [1.165, 1.54) is 17.3 Å². The van der Waals surface area contributed by atoms with Crippen molar-refractivity contribution in [3.8, 4) is 0 Å². The third kappa shape index (κ3) is 6.38. The third-order valence-corrected chi connectivity index (χ3v) is 3.53. The number of pyridine rings is 1. The van der Waals surface area contributed by atoms with Crippen LogP contribution < -0.4 is 10.9 Å². The fourth-order valence-corrected chi connectivity index (χ4v) is 2.24. The van der Waals surface area contributed by atoms with Crippen LogP contribution in [0, 0.1) is 0 Å². The molecule has 4 amide bonds. The zero-order chi connectivity index (χ0) is 23.6. The van der Waals surface area contributed by atoms with E-state index in [2.05, 4.69) is 25.3 Å². The Balaban J connectivity index is 3.95. The molecule has 0 radical (unpaired) electrons. The maximum absolute atomic E-state index is 12.6. The van der Waals surface area contributed by atoms with Crippen LogP contribution >= 0.6 is 0 Å². The molecule has 1 heterocycles. The molecule has 0 aromatic carbocycles. The van der Waals surface area contributed by atoms with Crippen molar-refractivity contribution >= 4 is 30.1 Å². The van der Waals surface area contributed by atoms with Gasteiger partial charge in [0.05, 0.1) is 34.1 Å². The Morgan fingerprint density at radius 3 is 1.52 bits per heavy atom. The second kappa shape index (κ2) is 11.7. The number of nitrogens with zero attached hydrogens (tertiary/aromatic N) is 4. The Hall–Kier alpha value is -4.23. The van der Waals surface area contributed by atoms with E-state index in [-0.39, 0.29) is 11.5 Å². The number of nitrogens with one attached hydrogen (secondary N) is 2. The number of ether oxygens (including phenoxy) is 4. The first-order valence-electron chi connectivity index (χ1n) is 8.49. The van der Waals surface area contributed by atoms with Crippen molar-refractivity contribution in [2.45, 2.75) is 0 Å². The number of methoxy groups -OCH3 is 4. The molecule has 0 atom stereocenters. The van der Waals surface area contributed by atoms with Gasteiger partial charge >= 0.3 is 24.4 Å². The summed E-state index contributed by atoms with van der Waals surface area (Å²) >= 11 is 0. The lowest BCUT2D eigenvalue weighted by molar-refractivity contribution is 0.0632. The molecule has 0 unspecified atom stereocenters. The molecule has 0 saturated carbocycles. The molecule has 14 heteroatoms. The van der Waals surface area contributed by atoms with E-state index >= 15 is 0 Å². The second-order valence-corrected chi connectivity index (χ2v) is 5.62. The summed E-state index contributed by atoms with van der Waals surface area (Å²) in [4.78, 5) is 54.5. The molecule has 0 fully saturated rings. The zero-order valence-corrected chi connectivity index (χ0v) is 17.9. The number of carbonyl (C=O) groups excluding carboxylic acids is 4. The van der Waals surface area contributed by atoms with Crippen molar-refractivity contribution in [3.63, 3.8) is 0 Å². The van der Waals surface area contributed by atoms with Gasteiger partial charge in [-0.25, -0.2) is 30.0 Å². The number of amides is 4. The molecule has 1 rings (SSSR count). The highest BCUT2D eigenvalue weighted by molar-refractivity contribution is 5.83. The Kier molecular flexibility index (Phi) is 9.36. The van der Waals surface area contributed by atoms with Gasteiger partial charge in [0, 0.05) is 32.1 Å². The number of carbonyl (C=O) groups is 4. The predicted octanol–water partition coefficient (Wildman–Crippen LogP) is 0.948. The average molecular weight is 440 g/mol.